The van der Waals surface area contributed by atoms with Gasteiger partial charge in [-0.25, -0.2) is 4.99 Å². The van der Waals surface area contributed by atoms with Crippen molar-refractivity contribution in [2.24, 2.45) is 4.99 Å². The number of hydrogen-bond acceptors (Lipinski definition) is 6. The maximum absolute atomic E-state index is 14.2. The number of benzene rings is 3. The number of fused-ring (bicyclic) bond motifs is 2. The van der Waals surface area contributed by atoms with Crippen molar-refractivity contribution < 1.29 is 23.8 Å². The zero-order valence-corrected chi connectivity index (χ0v) is 21.9. The number of ether oxygens (including phenoxy) is 3. The van der Waals surface area contributed by atoms with Crippen LogP contribution < -0.4 is 19.5 Å². The number of aliphatic imine (C=N–C) groups is 1. The summed E-state index contributed by atoms with van der Waals surface area (Å²) in [4.78, 5) is 34.9. The molecule has 6 rings (SSSR count). The molecule has 3 aromatic carbocycles. The Kier molecular flexibility index (Phi) is 6.92. The Labute approximate surface area is 227 Å². The average Bonchev–Trinajstić information content (AvgIpc) is 3.41. The lowest BCUT2D eigenvalue weighted by atomic mass is 9.94. The van der Waals surface area contributed by atoms with E-state index in [1.807, 2.05) is 60.7 Å². The van der Waals surface area contributed by atoms with Crippen LogP contribution in [-0.2, 0) is 11.3 Å². The summed E-state index contributed by atoms with van der Waals surface area (Å²) in [5.74, 6) is 1.48. The Bertz CT molecular complexity index is 1410. The number of carbonyl (C=O) groups is 2. The summed E-state index contributed by atoms with van der Waals surface area (Å²) >= 11 is 0. The van der Waals surface area contributed by atoms with Crippen molar-refractivity contribution in [2.75, 3.05) is 13.9 Å². The van der Waals surface area contributed by atoms with E-state index in [1.54, 1.807) is 18.1 Å². The van der Waals surface area contributed by atoms with Gasteiger partial charge < -0.3 is 24.4 Å². The fraction of sp³-hybridized carbons (Fsp3) is 0.323. The van der Waals surface area contributed by atoms with E-state index in [9.17, 15) is 9.59 Å². The second-order valence-corrected chi connectivity index (χ2v) is 10.1. The monoisotopic (exact) mass is 525 g/mol. The Morgan fingerprint density at radius 3 is 2.56 bits per heavy atom. The van der Waals surface area contributed by atoms with Crippen molar-refractivity contribution in [2.45, 2.75) is 50.7 Å². The standard InChI is InChI=1S/C31H31N3O5/c1-37-23-14-11-20(12-15-23)18-34-29(30(35)32-22-7-3-2-4-8-22)28(21-13-16-26-27(17-21)39-19-38-26)33-25-10-6-5-9-24(25)31(34)36/h5-6,9-17,22,29H,2-4,7-8,18-19H2,1H3,(H,32,35). The smallest absolute Gasteiger partial charge is 0.257 e. The van der Waals surface area contributed by atoms with Gasteiger partial charge in [0.25, 0.3) is 5.91 Å². The maximum atomic E-state index is 14.2. The highest BCUT2D eigenvalue weighted by atomic mass is 16.7. The molecule has 1 atom stereocenters. The molecule has 1 aliphatic carbocycles. The lowest BCUT2D eigenvalue weighted by molar-refractivity contribution is -0.124. The molecule has 8 nitrogen and oxygen atoms in total. The normalized spacial score (nSPS) is 18.7. The minimum atomic E-state index is -0.950. The van der Waals surface area contributed by atoms with E-state index >= 15 is 0 Å². The summed E-state index contributed by atoms with van der Waals surface area (Å²) in [5, 5.41) is 3.26. The summed E-state index contributed by atoms with van der Waals surface area (Å²) < 4.78 is 16.5. The van der Waals surface area contributed by atoms with E-state index in [1.165, 1.54) is 6.42 Å². The zero-order valence-electron chi connectivity index (χ0n) is 21.9. The molecule has 200 valence electrons. The first-order chi connectivity index (χ1) is 19.1. The van der Waals surface area contributed by atoms with Gasteiger partial charge in [-0.1, -0.05) is 43.5 Å². The van der Waals surface area contributed by atoms with Gasteiger partial charge in [-0.2, -0.15) is 0 Å². The SMILES string of the molecule is COc1ccc(CN2C(=O)c3ccccc3N=C(c3ccc4c(c3)OCO4)C2C(=O)NC2CCCCC2)cc1. The fourth-order valence-electron chi connectivity index (χ4n) is 5.52. The highest BCUT2D eigenvalue weighted by Gasteiger charge is 2.39. The predicted molar refractivity (Wildman–Crippen MR) is 147 cm³/mol. The van der Waals surface area contributed by atoms with Crippen LogP contribution in [0, 0.1) is 0 Å². The first kappa shape index (κ1) is 25.0. The largest absolute Gasteiger partial charge is 0.497 e. The van der Waals surface area contributed by atoms with Crippen molar-refractivity contribution in [3.05, 3.63) is 83.4 Å². The minimum absolute atomic E-state index is 0.0767. The van der Waals surface area contributed by atoms with Crippen LogP contribution in [-0.4, -0.2) is 48.4 Å². The summed E-state index contributed by atoms with van der Waals surface area (Å²) in [6.07, 6.45) is 5.21. The summed E-state index contributed by atoms with van der Waals surface area (Å²) in [6, 6.07) is 19.4. The molecule has 1 unspecified atom stereocenters. The Morgan fingerprint density at radius 2 is 1.77 bits per heavy atom. The third-order valence-electron chi connectivity index (χ3n) is 7.59. The minimum Gasteiger partial charge on any atom is -0.497 e. The second kappa shape index (κ2) is 10.8. The van der Waals surface area contributed by atoms with Crippen LogP contribution in [0.15, 0.2) is 71.7 Å². The van der Waals surface area contributed by atoms with Crippen molar-refractivity contribution in [3.8, 4) is 17.2 Å². The van der Waals surface area contributed by atoms with E-state index in [2.05, 4.69) is 5.32 Å². The van der Waals surface area contributed by atoms with Gasteiger partial charge in [-0.3, -0.25) is 9.59 Å². The molecule has 0 saturated heterocycles. The van der Waals surface area contributed by atoms with Crippen LogP contribution in [0.2, 0.25) is 0 Å². The topological polar surface area (TPSA) is 89.5 Å². The van der Waals surface area contributed by atoms with Gasteiger partial charge in [-0.05, 0) is 60.9 Å². The molecule has 0 spiro atoms. The molecule has 2 aliphatic heterocycles. The third kappa shape index (κ3) is 5.06. The molecular formula is C31H31N3O5. The van der Waals surface area contributed by atoms with Crippen LogP contribution in [0.3, 0.4) is 0 Å². The molecular weight excluding hydrogens is 494 g/mol. The molecule has 2 heterocycles. The fourth-order valence-corrected chi connectivity index (χ4v) is 5.52. The molecule has 1 fully saturated rings. The van der Waals surface area contributed by atoms with Crippen molar-refractivity contribution >= 4 is 23.2 Å². The van der Waals surface area contributed by atoms with Crippen molar-refractivity contribution in [1.82, 2.24) is 10.2 Å². The Morgan fingerprint density at radius 1 is 1.00 bits per heavy atom. The van der Waals surface area contributed by atoms with Gasteiger partial charge in [0, 0.05) is 18.2 Å². The highest BCUT2D eigenvalue weighted by molar-refractivity contribution is 6.21. The van der Waals surface area contributed by atoms with Gasteiger partial charge in [0.1, 0.15) is 5.75 Å². The van der Waals surface area contributed by atoms with Gasteiger partial charge in [-0.15, -0.1) is 0 Å². The first-order valence-electron chi connectivity index (χ1n) is 13.4. The van der Waals surface area contributed by atoms with E-state index in [4.69, 9.17) is 19.2 Å². The number of rotatable bonds is 6. The number of para-hydroxylation sites is 1. The third-order valence-corrected chi connectivity index (χ3v) is 7.59. The van der Waals surface area contributed by atoms with E-state index in [0.717, 1.165) is 37.0 Å². The van der Waals surface area contributed by atoms with Crippen molar-refractivity contribution in [1.29, 1.82) is 0 Å². The Hall–Kier alpha value is -4.33. The number of hydrogen-bond donors (Lipinski definition) is 1. The van der Waals surface area contributed by atoms with Crippen LogP contribution >= 0.6 is 0 Å². The molecule has 0 radical (unpaired) electrons. The van der Waals surface area contributed by atoms with E-state index < -0.39 is 6.04 Å². The molecule has 3 aliphatic rings. The number of carbonyl (C=O) groups excluding carboxylic acids is 2. The summed E-state index contributed by atoms with van der Waals surface area (Å²) in [5.41, 5.74) is 3.06. The van der Waals surface area contributed by atoms with Crippen LogP contribution in [0.1, 0.15) is 53.6 Å². The maximum Gasteiger partial charge on any atom is 0.257 e. The summed E-state index contributed by atoms with van der Waals surface area (Å²) in [7, 11) is 1.62. The number of methoxy groups -OCH3 is 1. The highest BCUT2D eigenvalue weighted by Crippen LogP contribution is 2.36. The zero-order chi connectivity index (χ0) is 26.8. The lowest BCUT2D eigenvalue weighted by Crippen LogP contribution is -2.55. The second-order valence-electron chi connectivity index (χ2n) is 10.1. The molecule has 8 heteroatoms. The molecule has 0 bridgehead atoms. The van der Waals surface area contributed by atoms with E-state index in [0.29, 0.717) is 34.0 Å². The molecule has 3 aromatic rings. The van der Waals surface area contributed by atoms with Gasteiger partial charge in [0.2, 0.25) is 12.7 Å². The molecule has 1 N–H and O–H groups in total. The lowest BCUT2D eigenvalue weighted by Gasteiger charge is -2.33. The predicted octanol–water partition coefficient (Wildman–Crippen LogP) is 5.02. The van der Waals surface area contributed by atoms with Crippen LogP contribution in [0.5, 0.6) is 17.2 Å². The quantitative estimate of drug-likeness (QED) is 0.488. The van der Waals surface area contributed by atoms with Gasteiger partial charge in [0.15, 0.2) is 17.5 Å². The van der Waals surface area contributed by atoms with Crippen LogP contribution in [0.25, 0.3) is 0 Å². The van der Waals surface area contributed by atoms with Crippen LogP contribution in [0.4, 0.5) is 5.69 Å². The average molecular weight is 526 g/mol. The van der Waals surface area contributed by atoms with E-state index in [-0.39, 0.29) is 31.2 Å². The first-order valence-corrected chi connectivity index (χ1v) is 13.4. The number of nitrogens with one attached hydrogen (secondary N) is 1. The molecule has 2 amide bonds. The molecule has 0 aromatic heterocycles. The van der Waals surface area contributed by atoms with Gasteiger partial charge in [0.05, 0.1) is 24.1 Å². The van der Waals surface area contributed by atoms with Crippen molar-refractivity contribution in [3.63, 3.8) is 0 Å². The summed E-state index contributed by atoms with van der Waals surface area (Å²) in [6.45, 7) is 0.366. The molecule has 39 heavy (non-hydrogen) atoms. The number of amides is 2. The molecule has 1 saturated carbocycles. The Balaban J connectivity index is 1.46. The number of nitrogens with zero attached hydrogens (tertiary/aromatic N) is 2. The van der Waals surface area contributed by atoms with Gasteiger partial charge >= 0.3 is 0 Å².